The maximum Gasteiger partial charge on any atom is 0.276 e. The van der Waals surface area contributed by atoms with Crippen molar-refractivity contribution in [2.45, 2.75) is 13.8 Å². The minimum absolute atomic E-state index is 0.205. The third-order valence-corrected chi connectivity index (χ3v) is 3.85. The highest BCUT2D eigenvalue weighted by atomic mass is 16.5. The molecule has 0 aliphatic carbocycles. The first-order valence-corrected chi connectivity index (χ1v) is 8.62. The molecule has 2 N–H and O–H groups in total. The average molecular weight is 384 g/mol. The van der Waals surface area contributed by atoms with Crippen LogP contribution in [0.15, 0.2) is 42.5 Å². The molecule has 2 aromatic rings. The number of rotatable bonds is 7. The van der Waals surface area contributed by atoms with Gasteiger partial charge in [0.1, 0.15) is 5.75 Å². The molecule has 0 spiro atoms. The van der Waals surface area contributed by atoms with Gasteiger partial charge in [0.2, 0.25) is 0 Å². The molecule has 7 heteroatoms. The Labute approximate surface area is 164 Å². The van der Waals surface area contributed by atoms with E-state index in [0.29, 0.717) is 17.2 Å². The minimum atomic E-state index is -0.477. The van der Waals surface area contributed by atoms with Crippen molar-refractivity contribution in [2.75, 3.05) is 20.8 Å². The fraction of sp³-hybridized carbons (Fsp3) is 0.238. The second-order valence-corrected chi connectivity index (χ2v) is 6.04. The van der Waals surface area contributed by atoms with Crippen LogP contribution in [-0.4, -0.2) is 32.6 Å². The molecule has 0 aromatic heterocycles. The largest absolute Gasteiger partial charge is 0.493 e. The van der Waals surface area contributed by atoms with Crippen molar-refractivity contribution >= 4 is 17.9 Å². The van der Waals surface area contributed by atoms with E-state index in [0.717, 1.165) is 16.7 Å². The summed E-state index contributed by atoms with van der Waals surface area (Å²) in [6.45, 7) is 3.68. The SMILES string of the molecule is COc1ccc(C=CC(=O)NNC(=O)COc2ccc(C)cc2C)cc1OC. The van der Waals surface area contributed by atoms with Crippen LogP contribution >= 0.6 is 0 Å². The van der Waals surface area contributed by atoms with Crippen molar-refractivity contribution in [3.05, 3.63) is 59.2 Å². The van der Waals surface area contributed by atoms with Gasteiger partial charge in [-0.1, -0.05) is 23.8 Å². The normalized spacial score (nSPS) is 10.4. The molecule has 28 heavy (non-hydrogen) atoms. The van der Waals surface area contributed by atoms with E-state index in [-0.39, 0.29) is 6.61 Å². The van der Waals surface area contributed by atoms with Gasteiger partial charge >= 0.3 is 0 Å². The zero-order valence-corrected chi connectivity index (χ0v) is 16.4. The van der Waals surface area contributed by atoms with E-state index in [9.17, 15) is 9.59 Å². The van der Waals surface area contributed by atoms with E-state index in [4.69, 9.17) is 14.2 Å². The monoisotopic (exact) mass is 384 g/mol. The van der Waals surface area contributed by atoms with E-state index < -0.39 is 11.8 Å². The van der Waals surface area contributed by atoms with Crippen molar-refractivity contribution in [3.8, 4) is 17.2 Å². The number of carbonyl (C=O) groups excluding carboxylic acids is 2. The molecule has 2 aromatic carbocycles. The highest BCUT2D eigenvalue weighted by molar-refractivity contribution is 5.93. The Bertz CT molecular complexity index is 877. The summed E-state index contributed by atoms with van der Waals surface area (Å²) in [5, 5.41) is 0. The molecule has 0 saturated heterocycles. The summed E-state index contributed by atoms with van der Waals surface area (Å²) >= 11 is 0. The molecule has 0 aliphatic rings. The number of nitrogens with one attached hydrogen (secondary N) is 2. The van der Waals surface area contributed by atoms with Crippen LogP contribution < -0.4 is 25.1 Å². The van der Waals surface area contributed by atoms with E-state index in [1.54, 1.807) is 31.4 Å². The van der Waals surface area contributed by atoms with E-state index >= 15 is 0 Å². The number of benzene rings is 2. The van der Waals surface area contributed by atoms with E-state index in [2.05, 4.69) is 10.9 Å². The van der Waals surface area contributed by atoms with Crippen molar-refractivity contribution in [1.82, 2.24) is 10.9 Å². The third kappa shape index (κ3) is 6.05. The van der Waals surface area contributed by atoms with Gasteiger partial charge in [0, 0.05) is 6.08 Å². The quantitative estimate of drug-likeness (QED) is 0.566. The number of methoxy groups -OCH3 is 2. The van der Waals surface area contributed by atoms with Gasteiger partial charge in [0.05, 0.1) is 14.2 Å². The zero-order valence-electron chi connectivity index (χ0n) is 16.4. The van der Waals surface area contributed by atoms with Crippen molar-refractivity contribution in [3.63, 3.8) is 0 Å². The van der Waals surface area contributed by atoms with Gasteiger partial charge in [0.15, 0.2) is 18.1 Å². The van der Waals surface area contributed by atoms with Gasteiger partial charge < -0.3 is 14.2 Å². The number of ether oxygens (including phenoxy) is 3. The summed E-state index contributed by atoms with van der Waals surface area (Å²) in [7, 11) is 3.08. The van der Waals surface area contributed by atoms with Gasteiger partial charge in [-0.25, -0.2) is 0 Å². The summed E-state index contributed by atoms with van der Waals surface area (Å²) in [4.78, 5) is 23.7. The number of amides is 2. The summed E-state index contributed by atoms with van der Waals surface area (Å²) in [5.74, 6) is 0.838. The van der Waals surface area contributed by atoms with Crippen LogP contribution in [0.25, 0.3) is 6.08 Å². The number of aryl methyl sites for hydroxylation is 2. The Morgan fingerprint density at radius 3 is 2.32 bits per heavy atom. The van der Waals surface area contributed by atoms with Crippen molar-refractivity contribution in [2.24, 2.45) is 0 Å². The molecule has 0 aliphatic heterocycles. The maximum atomic E-state index is 11.9. The molecule has 0 unspecified atom stereocenters. The molecular formula is C21H24N2O5. The average Bonchev–Trinajstić information content (AvgIpc) is 2.69. The summed E-state index contributed by atoms with van der Waals surface area (Å²) in [6.07, 6.45) is 2.89. The van der Waals surface area contributed by atoms with Crippen molar-refractivity contribution < 1.29 is 23.8 Å². The molecule has 0 heterocycles. The Morgan fingerprint density at radius 1 is 0.929 bits per heavy atom. The summed E-state index contributed by atoms with van der Waals surface area (Å²) < 4.78 is 15.8. The molecule has 7 nitrogen and oxygen atoms in total. The lowest BCUT2D eigenvalue weighted by Gasteiger charge is -2.10. The number of hydrogen-bond donors (Lipinski definition) is 2. The molecule has 148 valence electrons. The fourth-order valence-electron chi connectivity index (χ4n) is 2.44. The second-order valence-electron chi connectivity index (χ2n) is 6.04. The maximum absolute atomic E-state index is 11.9. The fourth-order valence-corrected chi connectivity index (χ4v) is 2.44. The second kappa shape index (κ2) is 10.0. The van der Waals surface area contributed by atoms with E-state index in [1.807, 2.05) is 32.0 Å². The Kier molecular flexibility index (Phi) is 7.45. The van der Waals surface area contributed by atoms with Crippen LogP contribution in [0, 0.1) is 13.8 Å². The molecule has 0 bridgehead atoms. The molecule has 0 atom stereocenters. The third-order valence-electron chi connectivity index (χ3n) is 3.85. The predicted octanol–water partition coefficient (Wildman–Crippen LogP) is 2.56. The van der Waals surface area contributed by atoms with E-state index in [1.165, 1.54) is 13.2 Å². The van der Waals surface area contributed by atoms with Crippen LogP contribution in [0.3, 0.4) is 0 Å². The molecule has 0 radical (unpaired) electrons. The molecule has 0 fully saturated rings. The highest BCUT2D eigenvalue weighted by Gasteiger charge is 2.06. The number of hydrogen-bond acceptors (Lipinski definition) is 5. The van der Waals surface area contributed by atoms with Crippen LogP contribution in [0.1, 0.15) is 16.7 Å². The lowest BCUT2D eigenvalue weighted by Crippen LogP contribution is -2.43. The molecule has 2 rings (SSSR count). The summed E-state index contributed by atoms with van der Waals surface area (Å²) in [5.41, 5.74) is 7.40. The van der Waals surface area contributed by atoms with Gasteiger partial charge in [-0.15, -0.1) is 0 Å². The molecular weight excluding hydrogens is 360 g/mol. The predicted molar refractivity (Wildman–Crippen MR) is 106 cm³/mol. The Morgan fingerprint density at radius 2 is 1.64 bits per heavy atom. The lowest BCUT2D eigenvalue weighted by atomic mass is 10.1. The Hall–Kier alpha value is -3.48. The minimum Gasteiger partial charge on any atom is -0.493 e. The Balaban J connectivity index is 1.81. The first kappa shape index (κ1) is 20.8. The molecule has 0 saturated carbocycles. The van der Waals surface area contributed by atoms with Gasteiger partial charge in [-0.3, -0.25) is 20.4 Å². The zero-order chi connectivity index (χ0) is 20.5. The standard InChI is InChI=1S/C21H24N2O5/c1-14-5-8-17(15(2)11-14)28-13-21(25)23-22-20(24)10-7-16-6-9-18(26-3)19(12-16)27-4/h5-12H,13H2,1-4H3,(H,22,24)(H,23,25). The number of hydrazine groups is 1. The van der Waals surface area contributed by atoms with Crippen molar-refractivity contribution in [1.29, 1.82) is 0 Å². The summed E-state index contributed by atoms with van der Waals surface area (Å²) in [6, 6.07) is 10.9. The first-order chi connectivity index (χ1) is 13.4. The number of carbonyl (C=O) groups is 2. The van der Waals surface area contributed by atoms with Gasteiger partial charge in [-0.05, 0) is 49.2 Å². The van der Waals surface area contributed by atoms with Gasteiger partial charge in [-0.2, -0.15) is 0 Å². The smallest absolute Gasteiger partial charge is 0.276 e. The van der Waals surface area contributed by atoms with Crippen LogP contribution in [0.5, 0.6) is 17.2 Å². The molecule has 2 amide bonds. The first-order valence-electron chi connectivity index (χ1n) is 8.62. The van der Waals surface area contributed by atoms with Crippen LogP contribution in [0.4, 0.5) is 0 Å². The van der Waals surface area contributed by atoms with Crippen LogP contribution in [0.2, 0.25) is 0 Å². The topological polar surface area (TPSA) is 85.9 Å². The lowest BCUT2D eigenvalue weighted by molar-refractivity contribution is -0.128. The van der Waals surface area contributed by atoms with Gasteiger partial charge in [0.25, 0.3) is 11.8 Å². The van der Waals surface area contributed by atoms with Crippen LogP contribution in [-0.2, 0) is 9.59 Å². The highest BCUT2D eigenvalue weighted by Crippen LogP contribution is 2.27.